The molecular formula is C18H22ClN3O3. The minimum atomic E-state index is -0.549. The van der Waals surface area contributed by atoms with E-state index in [-0.39, 0.29) is 12.5 Å². The lowest BCUT2D eigenvalue weighted by molar-refractivity contribution is -0.124. The summed E-state index contributed by atoms with van der Waals surface area (Å²) in [6, 6.07) is 7.48. The van der Waals surface area contributed by atoms with Gasteiger partial charge in [-0.15, -0.1) is 0 Å². The molecule has 1 heterocycles. The predicted octanol–water partition coefficient (Wildman–Crippen LogP) is 2.88. The van der Waals surface area contributed by atoms with Crippen LogP contribution in [0.15, 0.2) is 24.3 Å². The maximum atomic E-state index is 12.3. The van der Waals surface area contributed by atoms with Gasteiger partial charge in [0.1, 0.15) is 5.56 Å². The van der Waals surface area contributed by atoms with Crippen molar-refractivity contribution in [2.24, 2.45) is 0 Å². The number of hydrogen-bond acceptors (Lipinski definition) is 4. The molecule has 0 bridgehead atoms. The summed E-state index contributed by atoms with van der Waals surface area (Å²) >= 11 is 6.18. The Morgan fingerprint density at radius 2 is 2.00 bits per heavy atom. The third-order valence-corrected chi connectivity index (χ3v) is 4.14. The van der Waals surface area contributed by atoms with Crippen LogP contribution in [0.25, 0.3) is 0 Å². The molecule has 0 spiro atoms. The molecule has 0 radical (unpaired) electrons. The quantitative estimate of drug-likeness (QED) is 0.768. The fourth-order valence-electron chi connectivity index (χ4n) is 2.45. The maximum absolute atomic E-state index is 12.3. The van der Waals surface area contributed by atoms with E-state index < -0.39 is 5.97 Å². The molecule has 0 aliphatic heterocycles. The summed E-state index contributed by atoms with van der Waals surface area (Å²) in [6.45, 7) is 6.20. The van der Waals surface area contributed by atoms with Crippen molar-refractivity contribution in [2.75, 3.05) is 13.2 Å². The van der Waals surface area contributed by atoms with E-state index in [1.807, 2.05) is 31.2 Å². The summed E-state index contributed by atoms with van der Waals surface area (Å²) in [4.78, 5) is 23.9. The van der Waals surface area contributed by atoms with E-state index in [0.29, 0.717) is 35.1 Å². The molecule has 0 saturated heterocycles. The highest BCUT2D eigenvalue weighted by Gasteiger charge is 2.21. The average Bonchev–Trinajstić information content (AvgIpc) is 2.86. The molecule has 1 aromatic carbocycles. The summed E-state index contributed by atoms with van der Waals surface area (Å²) in [5.74, 6) is -0.860. The summed E-state index contributed by atoms with van der Waals surface area (Å²) in [6.07, 6.45) is 0.826. The maximum Gasteiger partial charge on any atom is 0.342 e. The zero-order valence-corrected chi connectivity index (χ0v) is 15.4. The molecule has 0 aliphatic carbocycles. The number of benzene rings is 1. The van der Waals surface area contributed by atoms with E-state index in [0.717, 1.165) is 12.0 Å². The number of rotatable bonds is 7. The summed E-state index contributed by atoms with van der Waals surface area (Å²) in [5, 5.41) is 7.71. The van der Waals surface area contributed by atoms with E-state index in [4.69, 9.17) is 16.3 Å². The largest absolute Gasteiger partial charge is 0.452 e. The molecule has 7 heteroatoms. The van der Waals surface area contributed by atoms with E-state index >= 15 is 0 Å². The molecule has 0 fully saturated rings. The average molecular weight is 364 g/mol. The SMILES string of the molecule is CCCNC(=O)COC(=O)c1c(C)nn(Cc2ccccc2Cl)c1C. The molecule has 0 saturated carbocycles. The fraction of sp³-hybridized carbons (Fsp3) is 0.389. The molecular weight excluding hydrogens is 342 g/mol. The number of aromatic nitrogens is 2. The van der Waals surface area contributed by atoms with Crippen molar-refractivity contribution in [3.8, 4) is 0 Å². The van der Waals surface area contributed by atoms with Gasteiger partial charge in [-0.2, -0.15) is 5.10 Å². The zero-order chi connectivity index (χ0) is 18.4. The first-order chi connectivity index (χ1) is 11.9. The normalized spacial score (nSPS) is 10.6. The number of hydrogen-bond donors (Lipinski definition) is 1. The monoisotopic (exact) mass is 363 g/mol. The second kappa shape index (κ2) is 8.67. The van der Waals surface area contributed by atoms with Gasteiger partial charge in [0.25, 0.3) is 5.91 Å². The lowest BCUT2D eigenvalue weighted by Gasteiger charge is -2.08. The lowest BCUT2D eigenvalue weighted by Crippen LogP contribution is -2.29. The predicted molar refractivity (Wildman–Crippen MR) is 95.8 cm³/mol. The summed E-state index contributed by atoms with van der Waals surface area (Å²) < 4.78 is 6.82. The van der Waals surface area contributed by atoms with Gasteiger partial charge < -0.3 is 10.1 Å². The third-order valence-electron chi connectivity index (χ3n) is 3.77. The summed E-state index contributed by atoms with van der Waals surface area (Å²) in [7, 11) is 0. The number of nitrogens with zero attached hydrogens (tertiary/aromatic N) is 2. The third kappa shape index (κ3) is 4.82. The van der Waals surface area contributed by atoms with Crippen LogP contribution < -0.4 is 5.32 Å². The number of carbonyl (C=O) groups excluding carboxylic acids is 2. The first kappa shape index (κ1) is 19.0. The van der Waals surface area contributed by atoms with Crippen molar-refractivity contribution in [1.29, 1.82) is 0 Å². The Balaban J connectivity index is 2.09. The first-order valence-corrected chi connectivity index (χ1v) is 8.53. The van der Waals surface area contributed by atoms with E-state index in [2.05, 4.69) is 10.4 Å². The van der Waals surface area contributed by atoms with E-state index in [9.17, 15) is 9.59 Å². The van der Waals surface area contributed by atoms with Crippen molar-refractivity contribution >= 4 is 23.5 Å². The molecule has 2 aromatic rings. The van der Waals surface area contributed by atoms with Crippen molar-refractivity contribution in [3.05, 3.63) is 51.8 Å². The number of esters is 1. The molecule has 1 N–H and O–H groups in total. The van der Waals surface area contributed by atoms with Crippen LogP contribution in [-0.2, 0) is 16.1 Å². The highest BCUT2D eigenvalue weighted by molar-refractivity contribution is 6.31. The molecule has 1 aromatic heterocycles. The van der Waals surface area contributed by atoms with Gasteiger partial charge in [-0.25, -0.2) is 4.79 Å². The number of amides is 1. The second-order valence-electron chi connectivity index (χ2n) is 5.72. The minimum Gasteiger partial charge on any atom is -0.452 e. The van der Waals surface area contributed by atoms with Crippen molar-refractivity contribution in [1.82, 2.24) is 15.1 Å². The zero-order valence-electron chi connectivity index (χ0n) is 14.6. The van der Waals surface area contributed by atoms with Crippen LogP contribution >= 0.6 is 11.6 Å². The molecule has 6 nitrogen and oxygen atoms in total. The topological polar surface area (TPSA) is 73.2 Å². The van der Waals surface area contributed by atoms with E-state index in [1.165, 1.54) is 0 Å². The molecule has 0 unspecified atom stereocenters. The van der Waals surface area contributed by atoms with Crippen molar-refractivity contribution < 1.29 is 14.3 Å². The highest BCUT2D eigenvalue weighted by atomic mass is 35.5. The number of ether oxygens (including phenoxy) is 1. The molecule has 0 aliphatic rings. The van der Waals surface area contributed by atoms with Gasteiger partial charge in [0.2, 0.25) is 0 Å². The van der Waals surface area contributed by atoms with Gasteiger partial charge >= 0.3 is 5.97 Å². The molecule has 134 valence electrons. The van der Waals surface area contributed by atoms with Gasteiger partial charge in [0.15, 0.2) is 6.61 Å². The summed E-state index contributed by atoms with van der Waals surface area (Å²) in [5.41, 5.74) is 2.53. The lowest BCUT2D eigenvalue weighted by atomic mass is 10.2. The van der Waals surface area contributed by atoms with Crippen molar-refractivity contribution in [3.63, 3.8) is 0 Å². The molecule has 1 amide bonds. The first-order valence-electron chi connectivity index (χ1n) is 8.15. The van der Waals surface area contributed by atoms with Crippen LogP contribution in [0.3, 0.4) is 0 Å². The van der Waals surface area contributed by atoms with Crippen LogP contribution in [0.2, 0.25) is 5.02 Å². The molecule has 2 rings (SSSR count). The Morgan fingerprint density at radius 3 is 2.68 bits per heavy atom. The Labute approximate surface area is 152 Å². The van der Waals surface area contributed by atoms with Gasteiger partial charge in [0.05, 0.1) is 17.9 Å². The number of aryl methyl sites for hydroxylation is 1. The molecule has 25 heavy (non-hydrogen) atoms. The minimum absolute atomic E-state index is 0.298. The van der Waals surface area contributed by atoms with Crippen LogP contribution in [0.5, 0.6) is 0 Å². The highest BCUT2D eigenvalue weighted by Crippen LogP contribution is 2.20. The standard InChI is InChI=1S/C18H22ClN3O3/c1-4-9-20-16(23)11-25-18(24)17-12(2)21-22(13(17)3)10-14-7-5-6-8-15(14)19/h5-8H,4,9-11H2,1-3H3,(H,20,23). The van der Waals surface area contributed by atoms with Gasteiger partial charge in [-0.3, -0.25) is 9.48 Å². The fourth-order valence-corrected chi connectivity index (χ4v) is 2.65. The number of nitrogens with one attached hydrogen (secondary N) is 1. The smallest absolute Gasteiger partial charge is 0.342 e. The van der Waals surface area contributed by atoms with Crippen LogP contribution in [0.4, 0.5) is 0 Å². The Kier molecular flexibility index (Phi) is 6.58. The Hall–Kier alpha value is -2.34. The van der Waals surface area contributed by atoms with Crippen LogP contribution in [-0.4, -0.2) is 34.8 Å². The van der Waals surface area contributed by atoms with Crippen LogP contribution in [0.1, 0.15) is 40.7 Å². The Bertz CT molecular complexity index is 771. The van der Waals surface area contributed by atoms with E-state index in [1.54, 1.807) is 18.5 Å². The van der Waals surface area contributed by atoms with Gasteiger partial charge in [0, 0.05) is 11.6 Å². The van der Waals surface area contributed by atoms with Gasteiger partial charge in [-0.1, -0.05) is 36.7 Å². The number of carbonyl (C=O) groups is 2. The number of halogens is 1. The second-order valence-corrected chi connectivity index (χ2v) is 6.13. The van der Waals surface area contributed by atoms with Gasteiger partial charge in [-0.05, 0) is 31.9 Å². The van der Waals surface area contributed by atoms with Crippen LogP contribution in [0, 0.1) is 13.8 Å². The van der Waals surface area contributed by atoms with Crippen molar-refractivity contribution in [2.45, 2.75) is 33.7 Å². The Morgan fingerprint density at radius 1 is 1.28 bits per heavy atom. The molecule has 0 atom stereocenters.